The number of piperidine rings is 1. The first-order chi connectivity index (χ1) is 14.2. The van der Waals surface area contributed by atoms with Crippen LogP contribution in [0.5, 0.6) is 0 Å². The van der Waals surface area contributed by atoms with Crippen LogP contribution in [0, 0.1) is 17.2 Å². The lowest BCUT2D eigenvalue weighted by Crippen LogP contribution is -2.28. The Labute approximate surface area is 168 Å². The van der Waals surface area contributed by atoms with E-state index in [9.17, 15) is 10.1 Å². The fraction of sp³-hybridized carbons (Fsp3) is 0.273. The van der Waals surface area contributed by atoms with Crippen molar-refractivity contribution in [1.82, 2.24) is 15.5 Å². The molecule has 146 valence electrons. The molecule has 2 aromatic heterocycles. The van der Waals surface area contributed by atoms with Crippen molar-refractivity contribution in [2.75, 3.05) is 18.4 Å². The Bertz CT molecular complexity index is 1030. The van der Waals surface area contributed by atoms with Crippen LogP contribution >= 0.6 is 0 Å². The molecule has 0 spiro atoms. The first-order valence-electron chi connectivity index (χ1n) is 9.64. The van der Waals surface area contributed by atoms with Crippen LogP contribution < -0.4 is 10.6 Å². The van der Waals surface area contributed by atoms with Gasteiger partial charge in [-0.3, -0.25) is 9.78 Å². The van der Waals surface area contributed by atoms with E-state index < -0.39 is 0 Å². The van der Waals surface area contributed by atoms with Crippen molar-refractivity contribution in [1.29, 1.82) is 5.26 Å². The largest absolute Gasteiger partial charge is 0.361 e. The monoisotopic (exact) mass is 387 g/mol. The zero-order valence-corrected chi connectivity index (χ0v) is 15.9. The van der Waals surface area contributed by atoms with Crippen molar-refractivity contribution >= 4 is 11.6 Å². The van der Waals surface area contributed by atoms with Gasteiger partial charge in [-0.1, -0.05) is 5.16 Å². The maximum Gasteiger partial charge on any atom is 0.277 e. The molecular weight excluding hydrogens is 366 g/mol. The van der Waals surface area contributed by atoms with Gasteiger partial charge in [-0.05, 0) is 73.3 Å². The van der Waals surface area contributed by atoms with Crippen LogP contribution in [0.3, 0.4) is 0 Å². The first kappa shape index (κ1) is 18.8. The summed E-state index contributed by atoms with van der Waals surface area (Å²) in [6.07, 6.45) is 6.36. The summed E-state index contributed by atoms with van der Waals surface area (Å²) in [6.45, 7) is 2.03. The third-order valence-electron chi connectivity index (χ3n) is 5.07. The van der Waals surface area contributed by atoms with Gasteiger partial charge in [-0.25, -0.2) is 0 Å². The molecule has 7 heteroatoms. The van der Waals surface area contributed by atoms with Crippen molar-refractivity contribution in [3.8, 4) is 17.2 Å². The molecule has 0 unspecified atom stereocenters. The predicted molar refractivity (Wildman–Crippen MR) is 108 cm³/mol. The van der Waals surface area contributed by atoms with E-state index in [2.05, 4.69) is 26.8 Å². The second kappa shape index (κ2) is 8.67. The van der Waals surface area contributed by atoms with E-state index in [0.717, 1.165) is 49.2 Å². The van der Waals surface area contributed by atoms with Crippen molar-refractivity contribution in [3.05, 3.63) is 65.8 Å². The second-order valence-corrected chi connectivity index (χ2v) is 7.18. The highest BCUT2D eigenvalue weighted by Crippen LogP contribution is 2.25. The van der Waals surface area contributed by atoms with Crippen LogP contribution in [-0.4, -0.2) is 29.1 Å². The van der Waals surface area contributed by atoms with Crippen molar-refractivity contribution in [2.24, 2.45) is 5.92 Å². The lowest BCUT2D eigenvalue weighted by atomic mass is 9.93. The smallest absolute Gasteiger partial charge is 0.277 e. The van der Waals surface area contributed by atoms with Gasteiger partial charge >= 0.3 is 0 Å². The Kier molecular flexibility index (Phi) is 5.63. The molecule has 0 atom stereocenters. The summed E-state index contributed by atoms with van der Waals surface area (Å²) in [4.78, 5) is 16.6. The van der Waals surface area contributed by atoms with Crippen LogP contribution in [0.25, 0.3) is 11.1 Å². The maximum absolute atomic E-state index is 12.6. The van der Waals surface area contributed by atoms with Gasteiger partial charge in [0.1, 0.15) is 5.76 Å². The number of nitrogens with one attached hydrogen (secondary N) is 2. The highest BCUT2D eigenvalue weighted by molar-refractivity contribution is 6.03. The highest BCUT2D eigenvalue weighted by Gasteiger charge is 2.18. The Morgan fingerprint density at radius 1 is 1.17 bits per heavy atom. The minimum Gasteiger partial charge on any atom is -0.361 e. The number of nitriles is 1. The molecule has 1 amide bonds. The summed E-state index contributed by atoms with van der Waals surface area (Å²) in [7, 11) is 0. The van der Waals surface area contributed by atoms with Crippen molar-refractivity contribution in [3.63, 3.8) is 0 Å². The van der Waals surface area contributed by atoms with E-state index in [0.29, 0.717) is 17.2 Å². The van der Waals surface area contributed by atoms with Crippen molar-refractivity contribution < 1.29 is 9.32 Å². The van der Waals surface area contributed by atoms with Crippen LogP contribution in [0.4, 0.5) is 5.69 Å². The predicted octanol–water partition coefficient (Wildman–Crippen LogP) is 3.40. The Hall–Kier alpha value is -3.50. The highest BCUT2D eigenvalue weighted by atomic mass is 16.5. The summed E-state index contributed by atoms with van der Waals surface area (Å²) in [5, 5.41) is 19.4. The van der Waals surface area contributed by atoms with E-state index in [-0.39, 0.29) is 11.6 Å². The zero-order valence-electron chi connectivity index (χ0n) is 15.9. The summed E-state index contributed by atoms with van der Waals surface area (Å²) in [5.41, 5.74) is 2.97. The molecule has 1 aliphatic heterocycles. The second-order valence-electron chi connectivity index (χ2n) is 7.18. The third kappa shape index (κ3) is 4.68. The first-order valence-corrected chi connectivity index (χ1v) is 9.64. The molecule has 0 saturated carbocycles. The number of rotatable bonds is 5. The number of benzene rings is 1. The normalized spacial score (nSPS) is 14.3. The van der Waals surface area contributed by atoms with Crippen LogP contribution in [0.1, 0.15) is 34.7 Å². The number of anilines is 1. The van der Waals surface area contributed by atoms with E-state index in [1.54, 1.807) is 30.6 Å². The fourth-order valence-electron chi connectivity index (χ4n) is 3.56. The Balaban J connectivity index is 1.49. The minimum atomic E-state index is -0.360. The average Bonchev–Trinajstić information content (AvgIpc) is 3.23. The molecule has 7 nitrogen and oxygen atoms in total. The Morgan fingerprint density at radius 2 is 1.97 bits per heavy atom. The lowest BCUT2D eigenvalue weighted by Gasteiger charge is -2.21. The number of nitrogens with zero attached hydrogens (tertiary/aromatic N) is 3. The standard InChI is InChI=1S/C22H21N5O2/c23-14-16-9-18(17-3-7-25-8-4-17)12-19(10-16)26-22(28)21-13-20(29-27-21)11-15-1-5-24-6-2-15/h3-4,7-10,12-13,15,24H,1-2,5-6,11H2,(H,26,28). The number of amides is 1. The van der Waals surface area contributed by atoms with Gasteiger partial charge < -0.3 is 15.2 Å². The molecule has 29 heavy (non-hydrogen) atoms. The number of pyridine rings is 1. The average molecular weight is 387 g/mol. The molecule has 1 aromatic carbocycles. The maximum atomic E-state index is 12.6. The number of hydrogen-bond acceptors (Lipinski definition) is 6. The molecule has 4 rings (SSSR count). The SMILES string of the molecule is N#Cc1cc(NC(=O)c2cc(CC3CCNCC3)on2)cc(-c2ccncc2)c1. The zero-order chi connectivity index (χ0) is 20.1. The van der Waals surface area contributed by atoms with E-state index in [1.165, 1.54) is 0 Å². The summed E-state index contributed by atoms with van der Waals surface area (Å²) >= 11 is 0. The van der Waals surface area contributed by atoms with E-state index >= 15 is 0 Å². The molecule has 1 saturated heterocycles. The van der Waals surface area contributed by atoms with Gasteiger partial charge in [0, 0.05) is 30.6 Å². The minimum absolute atomic E-state index is 0.238. The molecular formula is C22H21N5O2. The molecule has 1 aliphatic rings. The van der Waals surface area contributed by atoms with Crippen LogP contribution in [0.15, 0.2) is 53.3 Å². The van der Waals surface area contributed by atoms with Gasteiger partial charge in [0.15, 0.2) is 5.69 Å². The van der Waals surface area contributed by atoms with Crippen LogP contribution in [0.2, 0.25) is 0 Å². The molecule has 3 aromatic rings. The summed E-state index contributed by atoms with van der Waals surface area (Å²) in [6, 6.07) is 12.8. The van der Waals surface area contributed by atoms with Gasteiger partial charge in [0.25, 0.3) is 5.91 Å². The quantitative estimate of drug-likeness (QED) is 0.695. The van der Waals surface area contributed by atoms with E-state index in [4.69, 9.17) is 4.52 Å². The number of carbonyl (C=O) groups is 1. The molecule has 3 heterocycles. The van der Waals surface area contributed by atoms with Crippen LogP contribution in [-0.2, 0) is 6.42 Å². The number of carbonyl (C=O) groups excluding carboxylic acids is 1. The molecule has 1 fully saturated rings. The molecule has 0 aliphatic carbocycles. The molecule has 0 bridgehead atoms. The Morgan fingerprint density at radius 3 is 2.72 bits per heavy atom. The summed E-state index contributed by atoms with van der Waals surface area (Å²) in [5.74, 6) is 0.918. The van der Waals surface area contributed by atoms with Crippen molar-refractivity contribution in [2.45, 2.75) is 19.3 Å². The number of aromatic nitrogens is 2. The van der Waals surface area contributed by atoms with Gasteiger partial charge in [-0.15, -0.1) is 0 Å². The topological polar surface area (TPSA) is 104 Å². The molecule has 0 radical (unpaired) electrons. The summed E-state index contributed by atoms with van der Waals surface area (Å²) < 4.78 is 5.37. The van der Waals surface area contributed by atoms with Gasteiger partial charge in [0.2, 0.25) is 0 Å². The van der Waals surface area contributed by atoms with Gasteiger partial charge in [-0.2, -0.15) is 5.26 Å². The third-order valence-corrected chi connectivity index (χ3v) is 5.07. The number of hydrogen-bond donors (Lipinski definition) is 2. The van der Waals surface area contributed by atoms with E-state index in [1.807, 2.05) is 18.2 Å². The molecule has 2 N–H and O–H groups in total. The van der Waals surface area contributed by atoms with Gasteiger partial charge in [0.05, 0.1) is 11.6 Å². The lowest BCUT2D eigenvalue weighted by molar-refractivity contribution is 0.101. The fourth-order valence-corrected chi connectivity index (χ4v) is 3.56.